The van der Waals surface area contributed by atoms with Crippen molar-refractivity contribution in [1.82, 2.24) is 15.5 Å². The summed E-state index contributed by atoms with van der Waals surface area (Å²) in [6, 6.07) is 3.60. The standard InChI is InChI=1S/C10H13N3O3/c14-6-9-2-1-8(15-9)5-11-4-3-10-12-7-13-16-10/h1-2,7,11,14H,3-6H2. The zero-order valence-corrected chi connectivity index (χ0v) is 8.72. The summed E-state index contributed by atoms with van der Waals surface area (Å²) >= 11 is 0. The Balaban J connectivity index is 1.68. The van der Waals surface area contributed by atoms with Gasteiger partial charge >= 0.3 is 0 Å². The zero-order valence-electron chi connectivity index (χ0n) is 8.72. The molecule has 0 spiro atoms. The Morgan fingerprint density at radius 1 is 1.31 bits per heavy atom. The quantitative estimate of drug-likeness (QED) is 0.693. The normalized spacial score (nSPS) is 10.8. The summed E-state index contributed by atoms with van der Waals surface area (Å²) in [5.74, 6) is 1.99. The Morgan fingerprint density at radius 2 is 2.19 bits per heavy atom. The average molecular weight is 223 g/mol. The monoisotopic (exact) mass is 223 g/mol. The van der Waals surface area contributed by atoms with Crippen LogP contribution in [0.1, 0.15) is 17.4 Å². The maximum absolute atomic E-state index is 8.81. The summed E-state index contributed by atoms with van der Waals surface area (Å²) in [5, 5.41) is 15.5. The molecule has 2 rings (SSSR count). The molecule has 0 aliphatic rings. The first kappa shape index (κ1) is 10.8. The van der Waals surface area contributed by atoms with E-state index >= 15 is 0 Å². The fraction of sp³-hybridized carbons (Fsp3) is 0.400. The molecule has 0 amide bonds. The van der Waals surface area contributed by atoms with Gasteiger partial charge in [0.1, 0.15) is 18.1 Å². The number of aliphatic hydroxyl groups is 1. The lowest BCUT2D eigenvalue weighted by atomic mass is 10.4. The molecule has 0 saturated heterocycles. The topological polar surface area (TPSA) is 84.3 Å². The lowest BCUT2D eigenvalue weighted by Crippen LogP contribution is -2.16. The Bertz CT molecular complexity index is 411. The van der Waals surface area contributed by atoms with Gasteiger partial charge in [-0.2, -0.15) is 4.98 Å². The average Bonchev–Trinajstić information content (AvgIpc) is 2.95. The molecule has 0 radical (unpaired) electrons. The van der Waals surface area contributed by atoms with E-state index in [2.05, 4.69) is 15.5 Å². The highest BCUT2D eigenvalue weighted by Gasteiger charge is 2.01. The van der Waals surface area contributed by atoms with Gasteiger partial charge in [0.05, 0.1) is 6.54 Å². The van der Waals surface area contributed by atoms with E-state index in [1.807, 2.05) is 6.07 Å². The van der Waals surface area contributed by atoms with E-state index in [1.165, 1.54) is 6.33 Å². The molecule has 16 heavy (non-hydrogen) atoms. The fourth-order valence-corrected chi connectivity index (χ4v) is 1.32. The highest BCUT2D eigenvalue weighted by Crippen LogP contribution is 2.06. The van der Waals surface area contributed by atoms with Gasteiger partial charge in [-0.15, -0.1) is 0 Å². The number of furan rings is 1. The molecule has 6 heteroatoms. The van der Waals surface area contributed by atoms with Crippen molar-refractivity contribution in [1.29, 1.82) is 0 Å². The Kier molecular flexibility index (Phi) is 3.68. The van der Waals surface area contributed by atoms with Crippen LogP contribution in [0.5, 0.6) is 0 Å². The van der Waals surface area contributed by atoms with Gasteiger partial charge in [0, 0.05) is 13.0 Å². The van der Waals surface area contributed by atoms with Crippen molar-refractivity contribution < 1.29 is 14.0 Å². The Morgan fingerprint density at radius 3 is 2.88 bits per heavy atom. The van der Waals surface area contributed by atoms with E-state index in [9.17, 15) is 0 Å². The van der Waals surface area contributed by atoms with Gasteiger partial charge in [-0.25, -0.2) is 0 Å². The van der Waals surface area contributed by atoms with Crippen LogP contribution < -0.4 is 5.32 Å². The van der Waals surface area contributed by atoms with Crippen LogP contribution in [0, 0.1) is 0 Å². The zero-order chi connectivity index (χ0) is 11.2. The number of hydrogen-bond acceptors (Lipinski definition) is 6. The molecule has 0 aliphatic heterocycles. The van der Waals surface area contributed by atoms with Crippen molar-refractivity contribution in [3.05, 3.63) is 35.9 Å². The first-order valence-electron chi connectivity index (χ1n) is 5.03. The van der Waals surface area contributed by atoms with Crippen LogP contribution in [0.2, 0.25) is 0 Å². The Labute approximate surface area is 92.3 Å². The third-order valence-electron chi connectivity index (χ3n) is 2.09. The smallest absolute Gasteiger partial charge is 0.227 e. The lowest BCUT2D eigenvalue weighted by Gasteiger charge is -1.99. The second-order valence-electron chi connectivity index (χ2n) is 3.29. The molecule has 6 nitrogen and oxygen atoms in total. The van der Waals surface area contributed by atoms with Crippen LogP contribution in [0.4, 0.5) is 0 Å². The largest absolute Gasteiger partial charge is 0.462 e. The van der Waals surface area contributed by atoms with Crippen molar-refractivity contribution in [2.75, 3.05) is 6.54 Å². The summed E-state index contributed by atoms with van der Waals surface area (Å²) < 4.78 is 10.2. The minimum atomic E-state index is -0.0675. The predicted molar refractivity (Wildman–Crippen MR) is 54.3 cm³/mol. The SMILES string of the molecule is OCc1ccc(CNCCc2ncno2)o1. The summed E-state index contributed by atoms with van der Waals surface area (Å²) in [7, 11) is 0. The second-order valence-corrected chi connectivity index (χ2v) is 3.29. The highest BCUT2D eigenvalue weighted by atomic mass is 16.5. The van der Waals surface area contributed by atoms with Crippen molar-refractivity contribution in [2.45, 2.75) is 19.6 Å². The van der Waals surface area contributed by atoms with Gasteiger partial charge in [0.15, 0.2) is 6.33 Å². The predicted octanol–water partition coefficient (Wildman–Crippen LogP) is 0.487. The van der Waals surface area contributed by atoms with Crippen molar-refractivity contribution in [2.24, 2.45) is 0 Å². The van der Waals surface area contributed by atoms with E-state index in [0.29, 0.717) is 24.6 Å². The maximum atomic E-state index is 8.81. The minimum Gasteiger partial charge on any atom is -0.462 e. The second kappa shape index (κ2) is 5.43. The highest BCUT2D eigenvalue weighted by molar-refractivity contribution is 5.05. The van der Waals surface area contributed by atoms with Crippen LogP contribution in [0.25, 0.3) is 0 Å². The first-order chi connectivity index (χ1) is 7.88. The number of nitrogens with zero attached hydrogens (tertiary/aromatic N) is 2. The van der Waals surface area contributed by atoms with Gasteiger partial charge < -0.3 is 19.4 Å². The molecule has 0 aromatic carbocycles. The van der Waals surface area contributed by atoms with E-state index in [1.54, 1.807) is 6.07 Å². The van der Waals surface area contributed by atoms with E-state index in [4.69, 9.17) is 14.0 Å². The summed E-state index contributed by atoms with van der Waals surface area (Å²) in [6.07, 6.45) is 2.07. The van der Waals surface area contributed by atoms with Gasteiger partial charge in [-0.1, -0.05) is 5.16 Å². The van der Waals surface area contributed by atoms with Crippen molar-refractivity contribution >= 4 is 0 Å². The van der Waals surface area contributed by atoms with E-state index < -0.39 is 0 Å². The van der Waals surface area contributed by atoms with Crippen LogP contribution in [-0.4, -0.2) is 21.8 Å². The van der Waals surface area contributed by atoms with Gasteiger partial charge in [-0.05, 0) is 12.1 Å². The maximum Gasteiger partial charge on any atom is 0.227 e. The van der Waals surface area contributed by atoms with Gasteiger partial charge in [0.25, 0.3) is 0 Å². The molecule has 2 N–H and O–H groups in total. The van der Waals surface area contributed by atoms with E-state index in [0.717, 1.165) is 12.3 Å². The molecule has 0 unspecified atom stereocenters. The minimum absolute atomic E-state index is 0.0675. The first-order valence-corrected chi connectivity index (χ1v) is 5.03. The summed E-state index contributed by atoms with van der Waals surface area (Å²) in [4.78, 5) is 3.90. The molecule has 0 fully saturated rings. The molecule has 0 atom stereocenters. The third kappa shape index (κ3) is 2.91. The Hall–Kier alpha value is -1.66. The lowest BCUT2D eigenvalue weighted by molar-refractivity contribution is 0.242. The molecular formula is C10H13N3O3. The number of nitrogens with one attached hydrogen (secondary N) is 1. The van der Waals surface area contributed by atoms with Crippen molar-refractivity contribution in [3.63, 3.8) is 0 Å². The third-order valence-corrected chi connectivity index (χ3v) is 2.09. The number of aromatic nitrogens is 2. The van der Waals surface area contributed by atoms with Crippen LogP contribution in [-0.2, 0) is 19.6 Å². The molecule has 0 aliphatic carbocycles. The van der Waals surface area contributed by atoms with Crippen molar-refractivity contribution in [3.8, 4) is 0 Å². The molecule has 0 bridgehead atoms. The molecule has 0 saturated carbocycles. The van der Waals surface area contributed by atoms with Gasteiger partial charge in [0.2, 0.25) is 5.89 Å². The number of rotatable bonds is 6. The molecule has 2 heterocycles. The van der Waals surface area contributed by atoms with Crippen LogP contribution in [0.15, 0.2) is 27.4 Å². The summed E-state index contributed by atoms with van der Waals surface area (Å²) in [6.45, 7) is 1.29. The number of hydrogen-bond donors (Lipinski definition) is 2. The summed E-state index contributed by atoms with van der Waals surface area (Å²) in [5.41, 5.74) is 0. The van der Waals surface area contributed by atoms with E-state index in [-0.39, 0.29) is 6.61 Å². The number of aliphatic hydroxyl groups excluding tert-OH is 1. The fourth-order valence-electron chi connectivity index (χ4n) is 1.32. The molecule has 2 aromatic heterocycles. The van der Waals surface area contributed by atoms with Crippen LogP contribution in [0.3, 0.4) is 0 Å². The molecule has 2 aromatic rings. The molecular weight excluding hydrogens is 210 g/mol. The molecule has 86 valence electrons. The van der Waals surface area contributed by atoms with Crippen LogP contribution >= 0.6 is 0 Å². The van der Waals surface area contributed by atoms with Gasteiger partial charge in [-0.3, -0.25) is 0 Å².